The number of methoxy groups -OCH3 is 1. The highest BCUT2D eigenvalue weighted by Gasteiger charge is 2.40. The third-order valence-electron chi connectivity index (χ3n) is 4.44. The van der Waals surface area contributed by atoms with E-state index < -0.39 is 0 Å². The van der Waals surface area contributed by atoms with Crippen molar-refractivity contribution < 1.29 is 14.3 Å². The van der Waals surface area contributed by atoms with Crippen LogP contribution < -0.4 is 9.47 Å². The first kappa shape index (κ1) is 13.2. The summed E-state index contributed by atoms with van der Waals surface area (Å²) in [6, 6.07) is 5.86. The number of carbonyl (C=O) groups excluding carboxylic acids is 1. The molecule has 0 aliphatic heterocycles. The summed E-state index contributed by atoms with van der Waals surface area (Å²) in [7, 11) is 1.60. The molecule has 106 valence electrons. The van der Waals surface area contributed by atoms with Gasteiger partial charge in [0.25, 0.3) is 0 Å². The average molecular weight is 272 g/mol. The van der Waals surface area contributed by atoms with Crippen LogP contribution in [0.5, 0.6) is 11.5 Å². The third-order valence-corrected chi connectivity index (χ3v) is 4.44. The van der Waals surface area contributed by atoms with Crippen molar-refractivity contribution >= 4 is 5.97 Å². The minimum atomic E-state index is -0.327. The zero-order chi connectivity index (χ0) is 14.2. The minimum Gasteiger partial charge on any atom is -0.493 e. The van der Waals surface area contributed by atoms with Crippen LogP contribution in [0.25, 0.3) is 0 Å². The van der Waals surface area contributed by atoms with E-state index in [-0.39, 0.29) is 5.97 Å². The lowest BCUT2D eigenvalue weighted by molar-refractivity contribution is -0.132. The Hall–Kier alpha value is -1.77. The Morgan fingerprint density at radius 2 is 2.25 bits per heavy atom. The third kappa shape index (κ3) is 2.45. The van der Waals surface area contributed by atoms with E-state index in [1.807, 2.05) is 18.2 Å². The van der Waals surface area contributed by atoms with Crippen LogP contribution in [-0.2, 0) is 11.2 Å². The maximum Gasteiger partial charge on any atom is 0.308 e. The fourth-order valence-corrected chi connectivity index (χ4v) is 3.54. The second kappa shape index (κ2) is 4.97. The molecule has 0 heterocycles. The molecule has 2 atom stereocenters. The molecule has 0 saturated heterocycles. The van der Waals surface area contributed by atoms with Crippen molar-refractivity contribution in [3.8, 4) is 11.5 Å². The van der Waals surface area contributed by atoms with Crippen LogP contribution in [-0.4, -0.2) is 13.1 Å². The summed E-state index contributed by atoms with van der Waals surface area (Å²) in [6.07, 6.45) is 9.68. The topological polar surface area (TPSA) is 35.5 Å². The van der Waals surface area contributed by atoms with Gasteiger partial charge in [-0.15, -0.1) is 0 Å². The molecule has 2 bridgehead atoms. The first-order valence-electron chi connectivity index (χ1n) is 7.15. The van der Waals surface area contributed by atoms with Gasteiger partial charge in [0.15, 0.2) is 11.5 Å². The molecule has 0 amide bonds. The molecule has 1 aromatic carbocycles. The number of ether oxygens (including phenoxy) is 2. The van der Waals surface area contributed by atoms with E-state index in [1.54, 1.807) is 7.11 Å². The van der Waals surface area contributed by atoms with Gasteiger partial charge in [-0.1, -0.05) is 18.2 Å². The summed E-state index contributed by atoms with van der Waals surface area (Å²) in [5, 5.41) is 0. The highest BCUT2D eigenvalue weighted by atomic mass is 16.6. The number of esters is 1. The van der Waals surface area contributed by atoms with Crippen LogP contribution >= 0.6 is 0 Å². The van der Waals surface area contributed by atoms with Crippen molar-refractivity contribution in [2.75, 3.05) is 7.11 Å². The molecule has 2 aliphatic carbocycles. The fraction of sp³-hybridized carbons (Fsp3) is 0.471. The predicted octanol–water partition coefficient (Wildman–Crippen LogP) is 3.52. The summed E-state index contributed by atoms with van der Waals surface area (Å²) in [5.41, 5.74) is 1.59. The van der Waals surface area contributed by atoms with Crippen LogP contribution in [0.2, 0.25) is 0 Å². The van der Waals surface area contributed by atoms with Crippen molar-refractivity contribution in [2.45, 2.75) is 32.6 Å². The molecule has 0 spiro atoms. The molecule has 0 radical (unpaired) electrons. The lowest BCUT2D eigenvalue weighted by Crippen LogP contribution is -2.15. The summed E-state index contributed by atoms with van der Waals surface area (Å²) < 4.78 is 10.5. The fourth-order valence-electron chi connectivity index (χ4n) is 3.54. The Morgan fingerprint density at radius 3 is 2.80 bits per heavy atom. The Kier molecular flexibility index (Phi) is 3.28. The molecular formula is C17H20O3. The van der Waals surface area contributed by atoms with Crippen molar-refractivity contribution in [1.82, 2.24) is 0 Å². The number of hydrogen-bond donors (Lipinski definition) is 0. The van der Waals surface area contributed by atoms with Gasteiger partial charge in [-0.2, -0.15) is 0 Å². The van der Waals surface area contributed by atoms with E-state index in [0.29, 0.717) is 16.9 Å². The summed E-state index contributed by atoms with van der Waals surface area (Å²) >= 11 is 0. The molecule has 20 heavy (non-hydrogen) atoms. The smallest absolute Gasteiger partial charge is 0.308 e. The van der Waals surface area contributed by atoms with E-state index in [4.69, 9.17) is 9.47 Å². The normalized spacial score (nSPS) is 26.8. The van der Waals surface area contributed by atoms with Crippen LogP contribution in [0, 0.1) is 11.3 Å². The largest absolute Gasteiger partial charge is 0.493 e. The summed E-state index contributed by atoms with van der Waals surface area (Å²) in [5.74, 6) is 1.59. The van der Waals surface area contributed by atoms with Gasteiger partial charge in [-0.25, -0.2) is 0 Å². The van der Waals surface area contributed by atoms with Gasteiger partial charge >= 0.3 is 5.97 Å². The lowest BCUT2D eigenvalue weighted by atomic mass is 9.81. The van der Waals surface area contributed by atoms with Gasteiger partial charge in [0.05, 0.1) is 7.11 Å². The van der Waals surface area contributed by atoms with E-state index in [1.165, 1.54) is 31.7 Å². The number of carbonyl (C=O) groups is 1. The quantitative estimate of drug-likeness (QED) is 0.478. The van der Waals surface area contributed by atoms with E-state index in [9.17, 15) is 4.79 Å². The van der Waals surface area contributed by atoms with E-state index >= 15 is 0 Å². The van der Waals surface area contributed by atoms with Crippen molar-refractivity contribution in [2.24, 2.45) is 11.3 Å². The number of allylic oxidation sites excluding steroid dienone is 2. The Balaban J connectivity index is 1.81. The molecule has 1 aromatic rings. The zero-order valence-electron chi connectivity index (χ0n) is 12.0. The first-order valence-corrected chi connectivity index (χ1v) is 7.15. The van der Waals surface area contributed by atoms with Gasteiger partial charge < -0.3 is 9.47 Å². The molecule has 3 nitrogen and oxygen atoms in total. The molecule has 2 aliphatic rings. The molecule has 3 rings (SSSR count). The minimum absolute atomic E-state index is 0.327. The maximum atomic E-state index is 11.1. The van der Waals surface area contributed by atoms with Crippen molar-refractivity contribution in [1.29, 1.82) is 0 Å². The van der Waals surface area contributed by atoms with Crippen LogP contribution in [0.3, 0.4) is 0 Å². The Bertz CT molecular complexity index is 561. The van der Waals surface area contributed by atoms with Crippen LogP contribution in [0.4, 0.5) is 0 Å². The Morgan fingerprint density at radius 1 is 1.40 bits per heavy atom. The number of rotatable bonds is 4. The molecule has 1 saturated carbocycles. The standard InChI is InChI=1S/C17H20O3/c1-12(18)20-15-4-3-14(9-16(15)19-2)11-17-7-5-13(10-17)6-8-17/h3-5,7,9,13H,6,8,10-11H2,1-2H3. The van der Waals surface area contributed by atoms with Gasteiger partial charge in [0.1, 0.15) is 0 Å². The SMILES string of the molecule is COc1cc(CC23C=CC(CC2)C3)ccc1OC(C)=O. The molecule has 2 unspecified atom stereocenters. The number of fused-ring (bicyclic) bond motifs is 2. The van der Waals surface area contributed by atoms with E-state index in [2.05, 4.69) is 12.2 Å². The van der Waals surface area contributed by atoms with Gasteiger partial charge in [0, 0.05) is 6.92 Å². The molecule has 3 heteroatoms. The second-order valence-electron chi connectivity index (χ2n) is 5.98. The lowest BCUT2D eigenvalue weighted by Gasteiger charge is -2.24. The number of hydrogen-bond acceptors (Lipinski definition) is 3. The van der Waals surface area contributed by atoms with Gasteiger partial charge in [-0.3, -0.25) is 4.79 Å². The monoisotopic (exact) mass is 272 g/mol. The highest BCUT2D eigenvalue weighted by molar-refractivity contribution is 5.70. The Labute approximate surface area is 119 Å². The summed E-state index contributed by atoms with van der Waals surface area (Å²) in [6.45, 7) is 1.40. The maximum absolute atomic E-state index is 11.1. The van der Waals surface area contributed by atoms with Crippen LogP contribution in [0.15, 0.2) is 30.4 Å². The average Bonchev–Trinajstić information content (AvgIpc) is 3.00. The van der Waals surface area contributed by atoms with Crippen molar-refractivity contribution in [3.63, 3.8) is 0 Å². The predicted molar refractivity (Wildman–Crippen MR) is 76.9 cm³/mol. The van der Waals surface area contributed by atoms with E-state index in [0.717, 1.165) is 12.3 Å². The van der Waals surface area contributed by atoms with Gasteiger partial charge in [0.2, 0.25) is 0 Å². The number of benzene rings is 1. The first-order chi connectivity index (χ1) is 9.60. The highest BCUT2D eigenvalue weighted by Crippen LogP contribution is 2.51. The van der Waals surface area contributed by atoms with Crippen molar-refractivity contribution in [3.05, 3.63) is 35.9 Å². The second-order valence-corrected chi connectivity index (χ2v) is 5.98. The zero-order valence-corrected chi connectivity index (χ0v) is 12.0. The van der Waals surface area contributed by atoms with Gasteiger partial charge in [-0.05, 0) is 54.7 Å². The molecular weight excluding hydrogens is 252 g/mol. The summed E-state index contributed by atoms with van der Waals surface area (Å²) in [4.78, 5) is 11.1. The molecule has 0 N–H and O–H groups in total. The molecule has 1 fully saturated rings. The molecule has 0 aromatic heterocycles. The van der Waals surface area contributed by atoms with Crippen LogP contribution in [0.1, 0.15) is 31.7 Å².